The van der Waals surface area contributed by atoms with Crippen LogP contribution in [0.2, 0.25) is 0 Å². The summed E-state index contributed by atoms with van der Waals surface area (Å²) in [5.74, 6) is 1.80. The summed E-state index contributed by atoms with van der Waals surface area (Å²) in [7, 11) is 1.71. The lowest BCUT2D eigenvalue weighted by molar-refractivity contribution is 0.0706. The molecule has 0 aliphatic carbocycles. The second-order valence-corrected chi connectivity index (χ2v) is 8.21. The third-order valence-electron chi connectivity index (χ3n) is 4.86. The van der Waals surface area contributed by atoms with Gasteiger partial charge in [0, 0.05) is 51.0 Å². The monoisotopic (exact) mass is 376 g/mol. The van der Waals surface area contributed by atoms with Crippen molar-refractivity contribution < 1.29 is 9.53 Å². The van der Waals surface area contributed by atoms with E-state index in [1.165, 1.54) is 0 Å². The number of imidazole rings is 1. The highest BCUT2D eigenvalue weighted by atomic mass is 32.1. The molecule has 6 nitrogen and oxygen atoms in total. The van der Waals surface area contributed by atoms with Gasteiger partial charge in [-0.1, -0.05) is 13.8 Å². The van der Waals surface area contributed by atoms with Crippen LogP contribution < -0.4 is 0 Å². The van der Waals surface area contributed by atoms with Gasteiger partial charge < -0.3 is 14.2 Å². The molecule has 2 aromatic rings. The molecule has 7 heteroatoms. The van der Waals surface area contributed by atoms with Gasteiger partial charge in [-0.05, 0) is 19.8 Å². The molecular formula is C19H28N4O2S. The molecule has 0 bridgehead atoms. The van der Waals surface area contributed by atoms with Gasteiger partial charge >= 0.3 is 0 Å². The standard InChI is InChI=1S/C19H28N4O2S/c1-13(2)18-21-14(3)16(26-18)19(24)23-8-5-6-15(12-23)17-20-7-9-22(17)10-11-25-4/h7,9,13,15H,5-6,8,10-12H2,1-4H3. The fraction of sp³-hybridized carbons (Fsp3) is 0.632. The molecule has 0 radical (unpaired) electrons. The van der Waals surface area contributed by atoms with Gasteiger partial charge in [0.25, 0.3) is 5.91 Å². The Morgan fingerprint density at radius 1 is 1.46 bits per heavy atom. The first-order valence-electron chi connectivity index (χ1n) is 9.27. The number of aryl methyl sites for hydroxylation is 1. The van der Waals surface area contributed by atoms with E-state index in [0.29, 0.717) is 12.5 Å². The lowest BCUT2D eigenvalue weighted by Gasteiger charge is -2.32. The smallest absolute Gasteiger partial charge is 0.265 e. The van der Waals surface area contributed by atoms with E-state index in [-0.39, 0.29) is 11.8 Å². The number of aromatic nitrogens is 3. The van der Waals surface area contributed by atoms with E-state index in [9.17, 15) is 4.79 Å². The number of hydrogen-bond donors (Lipinski definition) is 0. The first-order chi connectivity index (χ1) is 12.5. The molecule has 1 fully saturated rings. The van der Waals surface area contributed by atoms with Gasteiger partial charge in [0.05, 0.1) is 17.3 Å². The number of carbonyl (C=O) groups is 1. The number of amides is 1. The van der Waals surface area contributed by atoms with Crippen LogP contribution in [0.4, 0.5) is 0 Å². The average molecular weight is 377 g/mol. The minimum absolute atomic E-state index is 0.117. The van der Waals surface area contributed by atoms with Crippen molar-refractivity contribution in [2.45, 2.75) is 52.0 Å². The zero-order valence-corrected chi connectivity index (χ0v) is 16.9. The zero-order chi connectivity index (χ0) is 18.7. The second-order valence-electron chi connectivity index (χ2n) is 7.18. The number of methoxy groups -OCH3 is 1. The summed E-state index contributed by atoms with van der Waals surface area (Å²) < 4.78 is 7.34. The fourth-order valence-corrected chi connectivity index (χ4v) is 4.48. The Hall–Kier alpha value is -1.73. The van der Waals surface area contributed by atoms with Crippen molar-refractivity contribution in [2.24, 2.45) is 0 Å². The van der Waals surface area contributed by atoms with Crippen LogP contribution in [0.25, 0.3) is 0 Å². The summed E-state index contributed by atoms with van der Waals surface area (Å²) in [6.07, 6.45) is 5.90. The molecule has 3 heterocycles. The third kappa shape index (κ3) is 3.99. The van der Waals surface area contributed by atoms with Crippen LogP contribution in [-0.2, 0) is 11.3 Å². The van der Waals surface area contributed by atoms with Crippen LogP contribution >= 0.6 is 11.3 Å². The first kappa shape index (κ1) is 19.0. The van der Waals surface area contributed by atoms with E-state index in [1.807, 2.05) is 24.2 Å². The second kappa shape index (κ2) is 8.31. The summed E-state index contributed by atoms with van der Waals surface area (Å²) in [6.45, 7) is 9.15. The van der Waals surface area contributed by atoms with Crippen molar-refractivity contribution in [3.8, 4) is 0 Å². The number of nitrogens with zero attached hydrogens (tertiary/aromatic N) is 4. The third-order valence-corrected chi connectivity index (χ3v) is 6.31. The Balaban J connectivity index is 1.74. The van der Waals surface area contributed by atoms with E-state index < -0.39 is 0 Å². The van der Waals surface area contributed by atoms with Gasteiger partial charge in [-0.25, -0.2) is 9.97 Å². The lowest BCUT2D eigenvalue weighted by Crippen LogP contribution is -2.39. The topological polar surface area (TPSA) is 60.2 Å². The predicted molar refractivity (Wildman–Crippen MR) is 103 cm³/mol. The number of thiazole rings is 1. The summed E-state index contributed by atoms with van der Waals surface area (Å²) >= 11 is 1.54. The first-order valence-corrected chi connectivity index (χ1v) is 10.1. The van der Waals surface area contributed by atoms with Gasteiger partial charge in [-0.2, -0.15) is 0 Å². The normalized spacial score (nSPS) is 17.9. The van der Waals surface area contributed by atoms with Crippen LogP contribution in [-0.4, -0.2) is 52.1 Å². The van der Waals surface area contributed by atoms with Crippen molar-refractivity contribution in [3.05, 3.63) is 33.8 Å². The number of likely N-dealkylation sites (tertiary alicyclic amines) is 1. The molecule has 1 atom stereocenters. The Labute approximate surface area is 159 Å². The number of rotatable bonds is 6. The SMILES string of the molecule is COCCn1ccnc1C1CCCN(C(=O)c2sc(C(C)C)nc2C)C1. The molecule has 2 aromatic heterocycles. The molecule has 1 aliphatic heterocycles. The molecule has 1 unspecified atom stereocenters. The van der Waals surface area contributed by atoms with E-state index in [2.05, 4.69) is 28.4 Å². The minimum atomic E-state index is 0.117. The molecule has 0 aromatic carbocycles. The van der Waals surface area contributed by atoms with Crippen LogP contribution in [0.1, 0.15) is 64.7 Å². The van der Waals surface area contributed by atoms with Crippen LogP contribution in [0.15, 0.2) is 12.4 Å². The molecule has 0 N–H and O–H groups in total. The van der Waals surface area contributed by atoms with E-state index in [4.69, 9.17) is 4.74 Å². The number of piperidine rings is 1. The number of carbonyl (C=O) groups excluding carboxylic acids is 1. The highest BCUT2D eigenvalue weighted by Crippen LogP contribution is 2.30. The predicted octanol–water partition coefficient (Wildman–Crippen LogP) is 3.44. The molecule has 0 spiro atoms. The molecule has 1 amide bonds. The quantitative estimate of drug-likeness (QED) is 0.775. The van der Waals surface area contributed by atoms with E-state index in [1.54, 1.807) is 18.4 Å². The molecule has 1 saturated heterocycles. The van der Waals surface area contributed by atoms with E-state index in [0.717, 1.165) is 53.9 Å². The number of hydrogen-bond acceptors (Lipinski definition) is 5. The van der Waals surface area contributed by atoms with Gasteiger partial charge in [0.1, 0.15) is 10.7 Å². The maximum absolute atomic E-state index is 13.1. The lowest BCUT2D eigenvalue weighted by atomic mass is 9.97. The Kier molecular flexibility index (Phi) is 6.09. The maximum atomic E-state index is 13.1. The highest BCUT2D eigenvalue weighted by molar-refractivity contribution is 7.13. The van der Waals surface area contributed by atoms with Crippen molar-refractivity contribution >= 4 is 17.2 Å². The van der Waals surface area contributed by atoms with Gasteiger partial charge in [0.2, 0.25) is 0 Å². The minimum Gasteiger partial charge on any atom is -0.383 e. The van der Waals surface area contributed by atoms with E-state index >= 15 is 0 Å². The van der Waals surface area contributed by atoms with Gasteiger partial charge in [-0.3, -0.25) is 4.79 Å². The zero-order valence-electron chi connectivity index (χ0n) is 16.1. The molecule has 142 valence electrons. The maximum Gasteiger partial charge on any atom is 0.265 e. The summed E-state index contributed by atoms with van der Waals surface area (Å²) in [4.78, 5) is 25.0. The average Bonchev–Trinajstić information content (AvgIpc) is 3.26. The van der Waals surface area contributed by atoms with Crippen molar-refractivity contribution in [1.82, 2.24) is 19.4 Å². The van der Waals surface area contributed by atoms with Gasteiger partial charge in [-0.15, -0.1) is 11.3 Å². The Morgan fingerprint density at radius 3 is 2.96 bits per heavy atom. The van der Waals surface area contributed by atoms with Crippen molar-refractivity contribution in [1.29, 1.82) is 0 Å². The highest BCUT2D eigenvalue weighted by Gasteiger charge is 2.30. The molecule has 0 saturated carbocycles. The molecule has 26 heavy (non-hydrogen) atoms. The molecule has 1 aliphatic rings. The largest absolute Gasteiger partial charge is 0.383 e. The van der Waals surface area contributed by atoms with Crippen LogP contribution in [0, 0.1) is 6.92 Å². The fourth-order valence-electron chi connectivity index (χ4n) is 3.44. The Morgan fingerprint density at radius 2 is 2.27 bits per heavy atom. The van der Waals surface area contributed by atoms with Crippen molar-refractivity contribution in [3.63, 3.8) is 0 Å². The summed E-state index contributed by atoms with van der Waals surface area (Å²) in [5.41, 5.74) is 0.854. The molecule has 3 rings (SSSR count). The van der Waals surface area contributed by atoms with Gasteiger partial charge in [0.15, 0.2) is 0 Å². The summed E-state index contributed by atoms with van der Waals surface area (Å²) in [6, 6.07) is 0. The van der Waals surface area contributed by atoms with Crippen LogP contribution in [0.5, 0.6) is 0 Å². The number of ether oxygens (including phenoxy) is 1. The molecular weight excluding hydrogens is 348 g/mol. The van der Waals surface area contributed by atoms with Crippen molar-refractivity contribution in [2.75, 3.05) is 26.8 Å². The Bertz CT molecular complexity index is 753. The summed E-state index contributed by atoms with van der Waals surface area (Å²) in [5, 5.41) is 1.04. The van der Waals surface area contributed by atoms with Crippen LogP contribution in [0.3, 0.4) is 0 Å².